The predicted octanol–water partition coefficient (Wildman–Crippen LogP) is 3.58. The molecule has 1 heterocycles. The molecule has 2 aromatic rings. The number of pyridine rings is 1. The molecular weight excluding hydrogens is 315 g/mol. The first-order valence-electron chi connectivity index (χ1n) is 6.45. The fourth-order valence-corrected chi connectivity index (χ4v) is 1.73. The van der Waals surface area contributed by atoms with Gasteiger partial charge in [-0.3, -0.25) is 0 Å². The summed E-state index contributed by atoms with van der Waals surface area (Å²) in [6, 6.07) is 10.6. The second-order valence-electron chi connectivity index (χ2n) is 4.48. The zero-order chi connectivity index (χ0) is 16.9. The summed E-state index contributed by atoms with van der Waals surface area (Å²) in [6.07, 6.45) is -4.77. The number of aliphatic carboxylic acids is 1. The number of rotatable bonds is 6. The van der Waals surface area contributed by atoms with E-state index in [0.717, 1.165) is 0 Å². The van der Waals surface area contributed by atoms with Gasteiger partial charge in [0, 0.05) is 12.3 Å². The Morgan fingerprint density at radius 3 is 2.39 bits per heavy atom. The summed E-state index contributed by atoms with van der Waals surface area (Å²) in [6.45, 7) is -1.64. The molecule has 2 rings (SSSR count). The Morgan fingerprint density at radius 1 is 1.17 bits per heavy atom. The molecule has 0 aliphatic heterocycles. The van der Waals surface area contributed by atoms with Crippen molar-refractivity contribution in [3.63, 3.8) is 0 Å². The SMILES string of the molecule is O=C(O)C(OCC(F)(F)F)c1ccc(Oc2ccccn2)cc1. The normalized spacial score (nSPS) is 12.7. The molecule has 122 valence electrons. The van der Waals surface area contributed by atoms with Crippen LogP contribution in [0.4, 0.5) is 13.2 Å². The molecule has 1 N–H and O–H groups in total. The number of nitrogens with zero attached hydrogens (tertiary/aromatic N) is 1. The van der Waals surface area contributed by atoms with E-state index in [1.54, 1.807) is 18.2 Å². The molecule has 1 unspecified atom stereocenters. The third kappa shape index (κ3) is 5.26. The molecule has 0 amide bonds. The quantitative estimate of drug-likeness (QED) is 0.878. The summed E-state index contributed by atoms with van der Waals surface area (Å²) in [4.78, 5) is 15.0. The summed E-state index contributed by atoms with van der Waals surface area (Å²) in [5.74, 6) is -0.802. The van der Waals surface area contributed by atoms with Crippen LogP contribution in [0, 0.1) is 0 Å². The highest BCUT2D eigenvalue weighted by Gasteiger charge is 2.32. The van der Waals surface area contributed by atoms with E-state index in [1.807, 2.05) is 0 Å². The van der Waals surface area contributed by atoms with Crippen molar-refractivity contribution >= 4 is 5.97 Å². The second kappa shape index (κ2) is 7.10. The van der Waals surface area contributed by atoms with Crippen molar-refractivity contribution in [3.05, 3.63) is 54.2 Å². The molecule has 0 aliphatic rings. The number of carboxylic acid groups (broad SMARTS) is 1. The highest BCUT2D eigenvalue weighted by Crippen LogP contribution is 2.26. The summed E-state index contributed by atoms with van der Waals surface area (Å²) < 4.78 is 46.3. The van der Waals surface area contributed by atoms with E-state index >= 15 is 0 Å². The van der Waals surface area contributed by atoms with Gasteiger partial charge in [0.15, 0.2) is 6.10 Å². The van der Waals surface area contributed by atoms with Crippen molar-refractivity contribution in [2.75, 3.05) is 6.61 Å². The molecule has 1 aromatic heterocycles. The number of aromatic nitrogens is 1. The van der Waals surface area contributed by atoms with Gasteiger partial charge < -0.3 is 14.6 Å². The van der Waals surface area contributed by atoms with Gasteiger partial charge in [0.1, 0.15) is 12.4 Å². The van der Waals surface area contributed by atoms with E-state index in [9.17, 15) is 18.0 Å². The Hall–Kier alpha value is -2.61. The number of ether oxygens (including phenoxy) is 2. The zero-order valence-electron chi connectivity index (χ0n) is 11.7. The van der Waals surface area contributed by atoms with Crippen LogP contribution in [0.25, 0.3) is 0 Å². The first-order chi connectivity index (χ1) is 10.8. The lowest BCUT2D eigenvalue weighted by atomic mass is 10.1. The van der Waals surface area contributed by atoms with E-state index in [0.29, 0.717) is 11.6 Å². The van der Waals surface area contributed by atoms with Crippen LogP contribution < -0.4 is 4.74 Å². The Morgan fingerprint density at radius 2 is 1.87 bits per heavy atom. The van der Waals surface area contributed by atoms with Crippen molar-refractivity contribution in [3.8, 4) is 11.6 Å². The maximum atomic E-state index is 12.2. The molecular formula is C15H12F3NO4. The largest absolute Gasteiger partial charge is 0.479 e. The van der Waals surface area contributed by atoms with Crippen molar-refractivity contribution in [1.29, 1.82) is 0 Å². The molecule has 23 heavy (non-hydrogen) atoms. The van der Waals surface area contributed by atoms with Crippen LogP contribution in [-0.2, 0) is 9.53 Å². The average molecular weight is 327 g/mol. The van der Waals surface area contributed by atoms with Gasteiger partial charge in [-0.15, -0.1) is 0 Å². The van der Waals surface area contributed by atoms with Crippen LogP contribution in [0.15, 0.2) is 48.7 Å². The number of hydrogen-bond donors (Lipinski definition) is 1. The Kier molecular flexibility index (Phi) is 5.17. The summed E-state index contributed by atoms with van der Waals surface area (Å²) in [7, 11) is 0. The standard InChI is InChI=1S/C15H12F3NO4/c16-15(17,18)9-22-13(14(20)21)10-4-6-11(7-5-10)23-12-3-1-2-8-19-12/h1-8,13H,9H2,(H,20,21). The van der Waals surface area contributed by atoms with Gasteiger partial charge in [-0.25, -0.2) is 9.78 Å². The first-order valence-corrected chi connectivity index (χ1v) is 6.45. The van der Waals surface area contributed by atoms with Crippen molar-refractivity contribution < 1.29 is 32.5 Å². The molecule has 1 atom stereocenters. The summed E-state index contributed by atoms with van der Waals surface area (Å²) >= 11 is 0. The summed E-state index contributed by atoms with van der Waals surface area (Å²) in [5.41, 5.74) is 0.0788. The Labute approximate surface area is 129 Å². The third-order valence-corrected chi connectivity index (χ3v) is 2.68. The second-order valence-corrected chi connectivity index (χ2v) is 4.48. The van der Waals surface area contributed by atoms with Crippen molar-refractivity contribution in [1.82, 2.24) is 4.98 Å². The van der Waals surface area contributed by atoms with Gasteiger partial charge in [-0.05, 0) is 23.8 Å². The minimum atomic E-state index is -4.60. The Balaban J connectivity index is 2.08. The number of carboxylic acids is 1. The van der Waals surface area contributed by atoms with E-state index in [4.69, 9.17) is 9.84 Å². The lowest BCUT2D eigenvalue weighted by Crippen LogP contribution is -2.23. The Bertz CT molecular complexity index is 644. The monoisotopic (exact) mass is 327 g/mol. The van der Waals surface area contributed by atoms with E-state index < -0.39 is 24.9 Å². The van der Waals surface area contributed by atoms with Crippen molar-refractivity contribution in [2.24, 2.45) is 0 Å². The predicted molar refractivity (Wildman–Crippen MR) is 73.1 cm³/mol. The minimum Gasteiger partial charge on any atom is -0.479 e. The molecule has 5 nitrogen and oxygen atoms in total. The number of carbonyl (C=O) groups is 1. The van der Waals surface area contributed by atoms with Gasteiger partial charge in [-0.1, -0.05) is 18.2 Å². The number of hydrogen-bond acceptors (Lipinski definition) is 4. The van der Waals surface area contributed by atoms with E-state index in [2.05, 4.69) is 9.72 Å². The molecule has 0 bridgehead atoms. The zero-order valence-corrected chi connectivity index (χ0v) is 11.7. The highest BCUT2D eigenvalue weighted by molar-refractivity contribution is 5.74. The molecule has 8 heteroatoms. The minimum absolute atomic E-state index is 0.0788. The lowest BCUT2D eigenvalue weighted by molar-refractivity contribution is -0.193. The topological polar surface area (TPSA) is 68.7 Å². The molecule has 1 aromatic carbocycles. The van der Waals surface area contributed by atoms with Gasteiger partial charge in [-0.2, -0.15) is 13.2 Å². The van der Waals surface area contributed by atoms with Gasteiger partial charge in [0.2, 0.25) is 5.88 Å². The van der Waals surface area contributed by atoms with Crippen LogP contribution in [0.5, 0.6) is 11.6 Å². The molecule has 0 radical (unpaired) electrons. The van der Waals surface area contributed by atoms with Crippen LogP contribution in [0.3, 0.4) is 0 Å². The van der Waals surface area contributed by atoms with Crippen LogP contribution >= 0.6 is 0 Å². The fraction of sp³-hybridized carbons (Fsp3) is 0.200. The number of benzene rings is 1. The van der Waals surface area contributed by atoms with Crippen LogP contribution in [-0.4, -0.2) is 28.8 Å². The molecule has 0 saturated carbocycles. The molecule has 0 spiro atoms. The lowest BCUT2D eigenvalue weighted by Gasteiger charge is -2.15. The average Bonchev–Trinajstić information content (AvgIpc) is 2.48. The van der Waals surface area contributed by atoms with Crippen molar-refractivity contribution in [2.45, 2.75) is 12.3 Å². The van der Waals surface area contributed by atoms with E-state index in [1.165, 1.54) is 30.5 Å². The van der Waals surface area contributed by atoms with Gasteiger partial charge in [0.05, 0.1) is 0 Å². The molecule has 0 saturated heterocycles. The first kappa shape index (κ1) is 16.8. The fourth-order valence-electron chi connectivity index (χ4n) is 1.73. The van der Waals surface area contributed by atoms with Gasteiger partial charge in [0.25, 0.3) is 0 Å². The maximum absolute atomic E-state index is 12.2. The van der Waals surface area contributed by atoms with Crippen LogP contribution in [0.2, 0.25) is 0 Å². The summed E-state index contributed by atoms with van der Waals surface area (Å²) in [5, 5.41) is 8.99. The molecule has 0 aliphatic carbocycles. The van der Waals surface area contributed by atoms with Gasteiger partial charge >= 0.3 is 12.1 Å². The van der Waals surface area contributed by atoms with E-state index in [-0.39, 0.29) is 5.56 Å². The van der Waals surface area contributed by atoms with Crippen LogP contribution in [0.1, 0.15) is 11.7 Å². The number of halogens is 3. The number of alkyl halides is 3. The highest BCUT2D eigenvalue weighted by atomic mass is 19.4. The third-order valence-electron chi connectivity index (χ3n) is 2.68. The smallest absolute Gasteiger partial charge is 0.411 e. The molecule has 0 fully saturated rings. The maximum Gasteiger partial charge on any atom is 0.411 e.